The first-order valence-electron chi connectivity index (χ1n) is 11.0. The Hall–Kier alpha value is -1.58. The van der Waals surface area contributed by atoms with E-state index in [2.05, 4.69) is 21.0 Å². The number of sulfonamides is 1. The van der Waals surface area contributed by atoms with E-state index >= 15 is 0 Å². The summed E-state index contributed by atoms with van der Waals surface area (Å²) >= 11 is 1.02. The van der Waals surface area contributed by atoms with Gasteiger partial charge in [-0.15, -0.1) is 0 Å². The number of carbonyl (C=O) groups excluding carboxylic acids is 1. The molecule has 0 spiro atoms. The van der Waals surface area contributed by atoms with E-state index in [0.717, 1.165) is 23.6 Å². The van der Waals surface area contributed by atoms with Gasteiger partial charge in [-0.25, -0.2) is 8.42 Å². The van der Waals surface area contributed by atoms with Gasteiger partial charge in [-0.05, 0) is 68.9 Å². The highest BCUT2D eigenvalue weighted by Gasteiger charge is 2.42. The van der Waals surface area contributed by atoms with Crippen LogP contribution in [-0.4, -0.2) is 46.5 Å². The van der Waals surface area contributed by atoms with Crippen LogP contribution in [0.2, 0.25) is 0 Å². The molecular formula is C21H28N4O3S2. The van der Waals surface area contributed by atoms with Crippen LogP contribution in [0.1, 0.15) is 45.4 Å². The fourth-order valence-corrected chi connectivity index (χ4v) is 8.06. The van der Waals surface area contributed by atoms with Gasteiger partial charge in [0.15, 0.2) is 0 Å². The summed E-state index contributed by atoms with van der Waals surface area (Å²) in [6, 6.07) is 5.28. The lowest BCUT2D eigenvalue weighted by Gasteiger charge is -2.33. The van der Waals surface area contributed by atoms with Crippen molar-refractivity contribution in [1.82, 2.24) is 18.4 Å². The number of aromatic nitrogens is 2. The molecule has 2 aliphatic carbocycles. The second-order valence-corrected chi connectivity index (χ2v) is 11.6. The molecule has 2 saturated carbocycles. The molecule has 0 radical (unpaired) electrons. The van der Waals surface area contributed by atoms with Crippen LogP contribution in [-0.2, 0) is 14.8 Å². The van der Waals surface area contributed by atoms with Gasteiger partial charge in [0.1, 0.15) is 15.9 Å². The maximum absolute atomic E-state index is 13.2. The molecule has 1 saturated heterocycles. The highest BCUT2D eigenvalue weighted by Crippen LogP contribution is 2.49. The third kappa shape index (κ3) is 3.54. The van der Waals surface area contributed by atoms with E-state index in [-0.39, 0.29) is 22.8 Å². The van der Waals surface area contributed by atoms with E-state index in [1.54, 1.807) is 18.2 Å². The molecule has 2 bridgehead atoms. The second kappa shape index (κ2) is 7.84. The standard InChI is InChI=1S/C21H28N4O3S2/c1-13(17-12-14-5-6-16(17)11-14)22-21(26)15-7-9-25(10-8-15)30(27,28)19-4-2-3-18-20(19)24-29-23-18/h2-4,13-17H,5-12H2,1H3,(H,22,26)/t13-,14-,16-,17-/m0/s1. The molecule has 30 heavy (non-hydrogen) atoms. The number of carbonyl (C=O) groups is 1. The van der Waals surface area contributed by atoms with Crippen LogP contribution in [0.3, 0.4) is 0 Å². The zero-order valence-corrected chi connectivity index (χ0v) is 18.8. The molecule has 1 aromatic carbocycles. The van der Waals surface area contributed by atoms with E-state index in [1.165, 1.54) is 30.0 Å². The summed E-state index contributed by atoms with van der Waals surface area (Å²) in [5, 5.41) is 3.26. The van der Waals surface area contributed by atoms with Crippen molar-refractivity contribution in [3.05, 3.63) is 18.2 Å². The van der Waals surface area contributed by atoms with Gasteiger partial charge in [0, 0.05) is 25.0 Å². The topological polar surface area (TPSA) is 92.3 Å². The van der Waals surface area contributed by atoms with Crippen molar-refractivity contribution in [1.29, 1.82) is 0 Å². The largest absolute Gasteiger partial charge is 0.353 e. The van der Waals surface area contributed by atoms with Crippen LogP contribution in [0.15, 0.2) is 23.1 Å². The van der Waals surface area contributed by atoms with E-state index in [4.69, 9.17) is 0 Å². The van der Waals surface area contributed by atoms with Crippen LogP contribution in [0.5, 0.6) is 0 Å². The van der Waals surface area contributed by atoms with E-state index in [9.17, 15) is 13.2 Å². The third-order valence-corrected chi connectivity index (χ3v) is 9.97. The highest BCUT2D eigenvalue weighted by atomic mass is 32.2. The summed E-state index contributed by atoms with van der Waals surface area (Å²) in [5.41, 5.74) is 1.03. The summed E-state index contributed by atoms with van der Waals surface area (Å²) in [6.07, 6.45) is 6.37. The summed E-state index contributed by atoms with van der Waals surface area (Å²) in [7, 11) is -3.64. The molecule has 2 heterocycles. The predicted molar refractivity (Wildman–Crippen MR) is 115 cm³/mol. The Kier molecular flexibility index (Phi) is 5.31. The summed E-state index contributed by atoms with van der Waals surface area (Å²) in [4.78, 5) is 13.1. The lowest BCUT2D eigenvalue weighted by Crippen LogP contribution is -2.47. The lowest BCUT2D eigenvalue weighted by molar-refractivity contribution is -0.127. The van der Waals surface area contributed by atoms with Gasteiger partial charge in [0.2, 0.25) is 15.9 Å². The zero-order chi connectivity index (χ0) is 20.9. The van der Waals surface area contributed by atoms with Crippen LogP contribution >= 0.6 is 11.7 Å². The van der Waals surface area contributed by atoms with Crippen molar-refractivity contribution in [3.63, 3.8) is 0 Å². The molecule has 1 amide bonds. The predicted octanol–water partition coefficient (Wildman–Crippen LogP) is 3.03. The van der Waals surface area contributed by atoms with Crippen molar-refractivity contribution >= 4 is 38.7 Å². The second-order valence-electron chi connectivity index (χ2n) is 9.20. The van der Waals surface area contributed by atoms with Gasteiger partial charge in [0.25, 0.3) is 0 Å². The van der Waals surface area contributed by atoms with Crippen molar-refractivity contribution in [2.75, 3.05) is 13.1 Å². The van der Waals surface area contributed by atoms with Crippen molar-refractivity contribution < 1.29 is 13.2 Å². The minimum absolute atomic E-state index is 0.0909. The normalized spacial score (nSPS) is 28.8. The molecule has 1 aromatic heterocycles. The van der Waals surface area contributed by atoms with Crippen LogP contribution in [0, 0.1) is 23.7 Å². The fourth-order valence-electron chi connectivity index (χ4n) is 5.84. The Morgan fingerprint density at radius 3 is 2.67 bits per heavy atom. The molecule has 9 heteroatoms. The molecule has 5 rings (SSSR count). The van der Waals surface area contributed by atoms with Crippen LogP contribution < -0.4 is 5.32 Å². The fraction of sp³-hybridized carbons (Fsp3) is 0.667. The number of hydrogen-bond acceptors (Lipinski definition) is 6. The quantitative estimate of drug-likeness (QED) is 0.759. The summed E-state index contributed by atoms with van der Waals surface area (Å²) in [6.45, 7) is 2.86. The molecule has 1 aliphatic heterocycles. The van der Waals surface area contributed by atoms with E-state index in [1.807, 2.05) is 0 Å². The van der Waals surface area contributed by atoms with Crippen molar-refractivity contribution in [2.24, 2.45) is 23.7 Å². The number of nitrogens with zero attached hydrogens (tertiary/aromatic N) is 3. The highest BCUT2D eigenvalue weighted by molar-refractivity contribution is 7.89. The average molecular weight is 449 g/mol. The number of fused-ring (bicyclic) bond motifs is 3. The maximum Gasteiger partial charge on any atom is 0.245 e. The Bertz CT molecular complexity index is 1050. The minimum atomic E-state index is -3.64. The Morgan fingerprint density at radius 2 is 1.97 bits per heavy atom. The van der Waals surface area contributed by atoms with Crippen molar-refractivity contribution in [2.45, 2.75) is 56.4 Å². The van der Waals surface area contributed by atoms with E-state index < -0.39 is 10.0 Å². The van der Waals surface area contributed by atoms with Crippen LogP contribution in [0.25, 0.3) is 11.0 Å². The molecule has 4 atom stereocenters. The number of amides is 1. The molecule has 3 fully saturated rings. The van der Waals surface area contributed by atoms with Gasteiger partial charge >= 0.3 is 0 Å². The zero-order valence-electron chi connectivity index (χ0n) is 17.2. The number of piperidine rings is 1. The van der Waals surface area contributed by atoms with Gasteiger partial charge in [0.05, 0.1) is 11.7 Å². The first-order valence-corrected chi connectivity index (χ1v) is 13.1. The molecule has 1 N–H and O–H groups in total. The summed E-state index contributed by atoms with van der Waals surface area (Å²) < 4.78 is 36.1. The number of rotatable bonds is 5. The lowest BCUT2D eigenvalue weighted by atomic mass is 9.83. The molecular weight excluding hydrogens is 420 g/mol. The smallest absolute Gasteiger partial charge is 0.245 e. The Labute approximate surface area is 181 Å². The Balaban J connectivity index is 1.21. The monoisotopic (exact) mass is 448 g/mol. The van der Waals surface area contributed by atoms with Gasteiger partial charge in [-0.3, -0.25) is 4.79 Å². The number of nitrogens with one attached hydrogen (secondary N) is 1. The number of benzene rings is 1. The van der Waals surface area contributed by atoms with Crippen molar-refractivity contribution in [3.8, 4) is 0 Å². The minimum Gasteiger partial charge on any atom is -0.353 e. The Morgan fingerprint density at radius 1 is 1.17 bits per heavy atom. The molecule has 2 aromatic rings. The molecule has 162 valence electrons. The van der Waals surface area contributed by atoms with Gasteiger partial charge in [-0.2, -0.15) is 13.1 Å². The first kappa shape index (κ1) is 20.3. The van der Waals surface area contributed by atoms with Crippen LogP contribution in [0.4, 0.5) is 0 Å². The molecule has 0 unspecified atom stereocenters. The molecule has 3 aliphatic rings. The van der Waals surface area contributed by atoms with Gasteiger partial charge < -0.3 is 5.32 Å². The van der Waals surface area contributed by atoms with E-state index in [0.29, 0.717) is 42.9 Å². The molecule has 7 nitrogen and oxygen atoms in total. The van der Waals surface area contributed by atoms with Gasteiger partial charge in [-0.1, -0.05) is 12.5 Å². The number of hydrogen-bond donors (Lipinski definition) is 1. The first-order chi connectivity index (χ1) is 14.4. The summed E-state index contributed by atoms with van der Waals surface area (Å²) in [5.74, 6) is 2.23. The third-order valence-electron chi connectivity index (χ3n) is 7.50. The average Bonchev–Trinajstić information content (AvgIpc) is 3.50. The maximum atomic E-state index is 13.2. The SMILES string of the molecule is C[C@H](NC(=O)C1CCN(S(=O)(=O)c2cccc3nsnc23)CC1)[C@@H]1C[C@H]2CC[C@H]1C2.